The first-order valence-electron chi connectivity index (χ1n) is 10.4. The Balaban J connectivity index is 2.03. The Kier molecular flexibility index (Phi) is 8.77. The van der Waals surface area contributed by atoms with E-state index in [1.807, 2.05) is 0 Å². The maximum absolute atomic E-state index is 12.8. The second-order valence-electron chi connectivity index (χ2n) is 8.79. The van der Waals surface area contributed by atoms with Gasteiger partial charge in [-0.05, 0) is 56.5 Å². The van der Waals surface area contributed by atoms with Gasteiger partial charge in [0.1, 0.15) is 11.6 Å². The van der Waals surface area contributed by atoms with Crippen molar-refractivity contribution in [3.63, 3.8) is 0 Å². The predicted molar refractivity (Wildman–Crippen MR) is 125 cm³/mol. The number of hydrogen-bond donors (Lipinski definition) is 3. The van der Waals surface area contributed by atoms with Crippen LogP contribution in [0.4, 0.5) is 0 Å². The van der Waals surface area contributed by atoms with Crippen molar-refractivity contribution < 1.29 is 26.4 Å². The summed E-state index contributed by atoms with van der Waals surface area (Å²) in [4.78, 5) is 14.8. The van der Waals surface area contributed by atoms with Crippen molar-refractivity contribution in [2.24, 2.45) is 5.92 Å². The monoisotopic (exact) mass is 497 g/mol. The normalized spacial score (nSPS) is 13.6. The number of esters is 1. The van der Waals surface area contributed by atoms with Crippen LogP contribution in [-0.2, 0) is 36.1 Å². The molecule has 0 spiro atoms. The predicted octanol–water partition coefficient (Wildman–Crippen LogP) is 2.31. The molecule has 11 heteroatoms. The SMILES string of the molecule is CC(C)[C@@H](NS(=O)(=O)c1ccc(CNNS(=O)(=O)c2ccccc2)cc1)C(=O)OC(C)(C)C. The fourth-order valence-electron chi connectivity index (χ4n) is 2.74. The van der Waals surface area contributed by atoms with Gasteiger partial charge in [0.15, 0.2) is 0 Å². The van der Waals surface area contributed by atoms with E-state index in [1.165, 1.54) is 24.3 Å². The van der Waals surface area contributed by atoms with Gasteiger partial charge in [-0.3, -0.25) is 4.79 Å². The van der Waals surface area contributed by atoms with Gasteiger partial charge in [0.05, 0.1) is 9.79 Å². The zero-order valence-electron chi connectivity index (χ0n) is 19.3. The molecule has 0 aliphatic carbocycles. The second-order valence-corrected chi connectivity index (χ2v) is 12.2. The number of hydrogen-bond acceptors (Lipinski definition) is 7. The topological polar surface area (TPSA) is 131 Å². The molecule has 0 saturated heterocycles. The van der Waals surface area contributed by atoms with E-state index in [2.05, 4.69) is 15.0 Å². The average Bonchev–Trinajstić information content (AvgIpc) is 2.71. The summed E-state index contributed by atoms with van der Waals surface area (Å²) in [5, 5.41) is 0. The maximum Gasteiger partial charge on any atom is 0.324 e. The Hall–Kier alpha value is -2.31. The lowest BCUT2D eigenvalue weighted by atomic mass is 10.1. The van der Waals surface area contributed by atoms with Gasteiger partial charge in [0.25, 0.3) is 10.0 Å². The van der Waals surface area contributed by atoms with E-state index in [0.29, 0.717) is 5.56 Å². The van der Waals surface area contributed by atoms with Crippen molar-refractivity contribution in [1.29, 1.82) is 0 Å². The number of sulfonamides is 2. The summed E-state index contributed by atoms with van der Waals surface area (Å²) < 4.78 is 57.8. The molecule has 0 radical (unpaired) electrons. The maximum atomic E-state index is 12.8. The van der Waals surface area contributed by atoms with E-state index in [4.69, 9.17) is 4.74 Å². The summed E-state index contributed by atoms with van der Waals surface area (Å²) in [6.07, 6.45) is 0. The lowest BCUT2D eigenvalue weighted by Crippen LogP contribution is -2.47. The Morgan fingerprint density at radius 3 is 1.94 bits per heavy atom. The Morgan fingerprint density at radius 1 is 0.879 bits per heavy atom. The van der Waals surface area contributed by atoms with E-state index in [-0.39, 0.29) is 22.3 Å². The molecule has 2 rings (SSSR count). The first-order valence-corrected chi connectivity index (χ1v) is 13.3. The molecule has 0 amide bonds. The smallest absolute Gasteiger partial charge is 0.324 e. The summed E-state index contributed by atoms with van der Waals surface area (Å²) in [7, 11) is -7.70. The number of benzene rings is 2. The minimum absolute atomic E-state index is 0.0228. The number of carbonyl (C=O) groups is 1. The molecule has 0 aliphatic heterocycles. The molecule has 33 heavy (non-hydrogen) atoms. The molecule has 0 fully saturated rings. The highest BCUT2D eigenvalue weighted by atomic mass is 32.2. The number of hydrazine groups is 1. The minimum Gasteiger partial charge on any atom is -0.459 e. The lowest BCUT2D eigenvalue weighted by Gasteiger charge is -2.26. The van der Waals surface area contributed by atoms with Gasteiger partial charge < -0.3 is 4.74 Å². The van der Waals surface area contributed by atoms with Gasteiger partial charge in [0.2, 0.25) is 10.0 Å². The van der Waals surface area contributed by atoms with E-state index < -0.39 is 37.7 Å². The number of carbonyl (C=O) groups excluding carboxylic acids is 1. The molecule has 0 aromatic heterocycles. The third-order valence-corrected chi connectivity index (χ3v) is 7.16. The van der Waals surface area contributed by atoms with Crippen LogP contribution in [0.1, 0.15) is 40.2 Å². The minimum atomic E-state index is -3.98. The summed E-state index contributed by atoms with van der Waals surface area (Å²) in [5.74, 6) is -0.969. The first kappa shape index (κ1) is 26.9. The van der Waals surface area contributed by atoms with Crippen molar-refractivity contribution in [2.75, 3.05) is 0 Å². The Morgan fingerprint density at radius 2 is 1.42 bits per heavy atom. The molecule has 0 unspecified atom stereocenters. The zero-order chi connectivity index (χ0) is 24.9. The summed E-state index contributed by atoms with van der Waals surface area (Å²) in [6, 6.07) is 12.7. The Bertz CT molecular complexity index is 1140. The highest BCUT2D eigenvalue weighted by Crippen LogP contribution is 2.17. The van der Waals surface area contributed by atoms with Gasteiger partial charge in [-0.1, -0.05) is 44.2 Å². The van der Waals surface area contributed by atoms with Crippen LogP contribution in [0.25, 0.3) is 0 Å². The third kappa shape index (κ3) is 8.20. The van der Waals surface area contributed by atoms with Crippen molar-refractivity contribution in [3.05, 3.63) is 60.2 Å². The van der Waals surface area contributed by atoms with Gasteiger partial charge in [-0.2, -0.15) is 4.72 Å². The molecule has 0 heterocycles. The highest BCUT2D eigenvalue weighted by molar-refractivity contribution is 7.89. The van der Waals surface area contributed by atoms with Crippen molar-refractivity contribution in [3.8, 4) is 0 Å². The van der Waals surface area contributed by atoms with Crippen molar-refractivity contribution >= 4 is 26.0 Å². The van der Waals surface area contributed by atoms with Gasteiger partial charge in [-0.25, -0.2) is 22.3 Å². The standard InChI is InChI=1S/C22H31N3O6S2/c1-16(2)20(21(26)31-22(3,4)5)24-32(27,28)19-13-11-17(12-14-19)15-23-25-33(29,30)18-9-7-6-8-10-18/h6-14,16,20,23-25H,15H2,1-5H3/t20-/m1/s1. The van der Waals surface area contributed by atoms with Gasteiger partial charge in [-0.15, -0.1) is 4.83 Å². The van der Waals surface area contributed by atoms with E-state index >= 15 is 0 Å². The summed E-state index contributed by atoms with van der Waals surface area (Å²) >= 11 is 0. The molecule has 0 bridgehead atoms. The quantitative estimate of drug-likeness (QED) is 0.339. The van der Waals surface area contributed by atoms with E-state index in [0.717, 1.165) is 0 Å². The number of rotatable bonds is 10. The number of nitrogens with one attached hydrogen (secondary N) is 3. The molecule has 2 aromatic carbocycles. The van der Waals surface area contributed by atoms with E-state index in [9.17, 15) is 21.6 Å². The highest BCUT2D eigenvalue weighted by Gasteiger charge is 2.32. The van der Waals surface area contributed by atoms with Crippen LogP contribution in [0.3, 0.4) is 0 Å². The zero-order valence-corrected chi connectivity index (χ0v) is 21.0. The molecular weight excluding hydrogens is 466 g/mol. The summed E-state index contributed by atoms with van der Waals surface area (Å²) in [5.41, 5.74) is 2.52. The van der Waals surface area contributed by atoms with E-state index in [1.54, 1.807) is 65.0 Å². The fourth-order valence-corrected chi connectivity index (χ4v) is 4.96. The van der Waals surface area contributed by atoms with Gasteiger partial charge in [0, 0.05) is 6.54 Å². The second kappa shape index (κ2) is 10.7. The molecule has 9 nitrogen and oxygen atoms in total. The van der Waals surface area contributed by atoms with Crippen LogP contribution >= 0.6 is 0 Å². The van der Waals surface area contributed by atoms with Crippen LogP contribution in [0.15, 0.2) is 64.4 Å². The van der Waals surface area contributed by atoms with Crippen LogP contribution in [0.2, 0.25) is 0 Å². The fraction of sp³-hybridized carbons (Fsp3) is 0.409. The largest absolute Gasteiger partial charge is 0.459 e. The molecule has 182 valence electrons. The molecule has 0 aliphatic rings. The molecule has 1 atom stereocenters. The van der Waals surface area contributed by atoms with Crippen LogP contribution in [0, 0.1) is 5.92 Å². The van der Waals surface area contributed by atoms with Crippen LogP contribution in [-0.4, -0.2) is 34.4 Å². The van der Waals surface area contributed by atoms with Crippen molar-refractivity contribution in [1.82, 2.24) is 15.0 Å². The number of ether oxygens (including phenoxy) is 1. The summed E-state index contributed by atoms with van der Waals surface area (Å²) in [6.45, 7) is 8.72. The average molecular weight is 498 g/mol. The third-order valence-electron chi connectivity index (χ3n) is 4.40. The molecule has 0 saturated carbocycles. The van der Waals surface area contributed by atoms with Gasteiger partial charge >= 0.3 is 5.97 Å². The lowest BCUT2D eigenvalue weighted by molar-refractivity contribution is -0.158. The molecular formula is C22H31N3O6S2. The van der Waals surface area contributed by atoms with Crippen LogP contribution in [0.5, 0.6) is 0 Å². The molecule has 3 N–H and O–H groups in total. The van der Waals surface area contributed by atoms with Crippen LogP contribution < -0.4 is 15.0 Å². The van der Waals surface area contributed by atoms with Crippen molar-refractivity contribution in [2.45, 2.75) is 62.6 Å². The first-order chi connectivity index (χ1) is 15.2. The Labute approximate surface area is 196 Å². The molecule has 2 aromatic rings.